The lowest BCUT2D eigenvalue weighted by Crippen LogP contribution is -2.44. The van der Waals surface area contributed by atoms with Crippen LogP contribution >= 0.6 is 11.6 Å². The van der Waals surface area contributed by atoms with Crippen molar-refractivity contribution >= 4 is 29.3 Å². The minimum absolute atomic E-state index is 0.0532. The van der Waals surface area contributed by atoms with Crippen LogP contribution in [0.1, 0.15) is 0 Å². The van der Waals surface area contributed by atoms with E-state index in [9.17, 15) is 14.0 Å². The predicted molar refractivity (Wildman–Crippen MR) is 69.3 cm³/mol. The van der Waals surface area contributed by atoms with Crippen LogP contribution in [0.2, 0.25) is 5.02 Å². The number of carbonyl (C=O) groups excluding carboxylic acids is 1. The van der Waals surface area contributed by atoms with E-state index in [1.807, 2.05) is 0 Å². The van der Waals surface area contributed by atoms with Crippen molar-refractivity contribution in [3.8, 4) is 0 Å². The zero-order chi connectivity index (χ0) is 14.7. The third-order valence-electron chi connectivity index (χ3n) is 2.89. The van der Waals surface area contributed by atoms with Crippen LogP contribution in [0, 0.1) is 11.7 Å². The minimum Gasteiger partial charge on any atom is -0.481 e. The molecule has 0 saturated carbocycles. The van der Waals surface area contributed by atoms with Crippen molar-refractivity contribution in [3.63, 3.8) is 0 Å². The van der Waals surface area contributed by atoms with Gasteiger partial charge >= 0.3 is 12.0 Å². The van der Waals surface area contributed by atoms with Crippen LogP contribution in [-0.2, 0) is 9.53 Å². The maximum absolute atomic E-state index is 12.9. The van der Waals surface area contributed by atoms with Crippen molar-refractivity contribution in [2.45, 2.75) is 6.04 Å². The SMILES string of the molecule is O=C(Nc1ccc(F)cc1Cl)NC1COCC1C(=O)O. The number of nitrogens with one attached hydrogen (secondary N) is 2. The van der Waals surface area contributed by atoms with Crippen molar-refractivity contribution in [1.82, 2.24) is 5.32 Å². The van der Waals surface area contributed by atoms with Gasteiger partial charge < -0.3 is 20.5 Å². The second-order valence-corrected chi connectivity index (χ2v) is 4.72. The quantitative estimate of drug-likeness (QED) is 0.793. The van der Waals surface area contributed by atoms with E-state index in [0.29, 0.717) is 0 Å². The highest BCUT2D eigenvalue weighted by atomic mass is 35.5. The summed E-state index contributed by atoms with van der Waals surface area (Å²) < 4.78 is 17.9. The Morgan fingerprint density at radius 1 is 1.40 bits per heavy atom. The van der Waals surface area contributed by atoms with Gasteiger partial charge in [-0.05, 0) is 18.2 Å². The number of carboxylic acid groups (broad SMARTS) is 1. The molecule has 1 aromatic rings. The number of carboxylic acids is 1. The summed E-state index contributed by atoms with van der Waals surface area (Å²) in [7, 11) is 0. The summed E-state index contributed by atoms with van der Waals surface area (Å²) in [4.78, 5) is 22.7. The number of ether oxygens (including phenoxy) is 1. The molecule has 0 aromatic heterocycles. The van der Waals surface area contributed by atoms with Gasteiger partial charge in [-0.25, -0.2) is 9.18 Å². The molecule has 1 aliphatic rings. The average Bonchev–Trinajstić information content (AvgIpc) is 2.81. The minimum atomic E-state index is -1.03. The molecule has 2 rings (SSSR count). The van der Waals surface area contributed by atoms with Gasteiger partial charge in [0.15, 0.2) is 0 Å². The normalized spacial score (nSPS) is 21.5. The largest absolute Gasteiger partial charge is 0.481 e. The summed E-state index contributed by atoms with van der Waals surface area (Å²) >= 11 is 5.77. The van der Waals surface area contributed by atoms with Crippen LogP contribution in [0.15, 0.2) is 18.2 Å². The molecule has 2 atom stereocenters. The Balaban J connectivity index is 1.97. The summed E-state index contributed by atoms with van der Waals surface area (Å²) in [5.41, 5.74) is 0.233. The smallest absolute Gasteiger partial charge is 0.319 e. The van der Waals surface area contributed by atoms with E-state index in [2.05, 4.69) is 10.6 Å². The van der Waals surface area contributed by atoms with Crippen LogP contribution in [0.4, 0.5) is 14.9 Å². The van der Waals surface area contributed by atoms with E-state index >= 15 is 0 Å². The second-order valence-electron chi connectivity index (χ2n) is 4.31. The molecule has 20 heavy (non-hydrogen) atoms. The number of rotatable bonds is 3. The second kappa shape index (κ2) is 6.06. The predicted octanol–water partition coefficient (Wildman–Crippen LogP) is 1.70. The van der Waals surface area contributed by atoms with E-state index in [1.54, 1.807) is 0 Å². The molecule has 0 bridgehead atoms. The van der Waals surface area contributed by atoms with E-state index in [4.69, 9.17) is 21.4 Å². The number of anilines is 1. The van der Waals surface area contributed by atoms with Crippen molar-refractivity contribution in [1.29, 1.82) is 0 Å². The first-order valence-corrected chi connectivity index (χ1v) is 6.18. The lowest BCUT2D eigenvalue weighted by atomic mass is 10.0. The lowest BCUT2D eigenvalue weighted by molar-refractivity contribution is -0.142. The van der Waals surface area contributed by atoms with Crippen molar-refractivity contribution in [3.05, 3.63) is 29.0 Å². The van der Waals surface area contributed by atoms with E-state index in [1.165, 1.54) is 6.07 Å². The third kappa shape index (κ3) is 3.37. The summed E-state index contributed by atoms with van der Waals surface area (Å²) in [5, 5.41) is 13.9. The molecule has 0 radical (unpaired) electrons. The molecular formula is C12H12ClFN2O4. The van der Waals surface area contributed by atoms with E-state index in [-0.39, 0.29) is 23.9 Å². The topological polar surface area (TPSA) is 87.7 Å². The summed E-state index contributed by atoms with van der Waals surface area (Å²) in [6.07, 6.45) is 0. The molecule has 1 aliphatic heterocycles. The van der Waals surface area contributed by atoms with Gasteiger partial charge in [-0.2, -0.15) is 0 Å². The number of halogens is 2. The van der Waals surface area contributed by atoms with Gasteiger partial charge in [0.2, 0.25) is 0 Å². The van der Waals surface area contributed by atoms with Gasteiger partial charge in [-0.1, -0.05) is 11.6 Å². The Morgan fingerprint density at radius 2 is 2.15 bits per heavy atom. The monoisotopic (exact) mass is 302 g/mol. The van der Waals surface area contributed by atoms with Crippen LogP contribution in [0.25, 0.3) is 0 Å². The molecule has 0 aliphatic carbocycles. The highest BCUT2D eigenvalue weighted by Gasteiger charge is 2.35. The molecule has 1 saturated heterocycles. The van der Waals surface area contributed by atoms with E-state index < -0.39 is 29.8 Å². The fraction of sp³-hybridized carbons (Fsp3) is 0.333. The highest BCUT2D eigenvalue weighted by molar-refractivity contribution is 6.33. The van der Waals surface area contributed by atoms with Crippen molar-refractivity contribution in [2.75, 3.05) is 18.5 Å². The molecule has 2 amide bonds. The number of urea groups is 1. The van der Waals surface area contributed by atoms with E-state index in [0.717, 1.165) is 12.1 Å². The maximum atomic E-state index is 12.9. The fourth-order valence-corrected chi connectivity index (χ4v) is 2.07. The average molecular weight is 303 g/mol. The number of hydrogen-bond donors (Lipinski definition) is 3. The number of carbonyl (C=O) groups is 2. The molecule has 108 valence electrons. The van der Waals surface area contributed by atoms with Gasteiger partial charge in [-0.15, -0.1) is 0 Å². The number of amides is 2. The van der Waals surface area contributed by atoms with Gasteiger partial charge in [0.1, 0.15) is 11.7 Å². The van der Waals surface area contributed by atoms with Gasteiger partial charge in [0.05, 0.1) is 30.0 Å². The first-order chi connectivity index (χ1) is 9.47. The van der Waals surface area contributed by atoms with Crippen LogP contribution in [-0.4, -0.2) is 36.4 Å². The Bertz CT molecular complexity index is 540. The van der Waals surface area contributed by atoms with Crippen LogP contribution in [0.5, 0.6) is 0 Å². The zero-order valence-corrected chi connectivity index (χ0v) is 11.0. The highest BCUT2D eigenvalue weighted by Crippen LogP contribution is 2.22. The Kier molecular flexibility index (Phi) is 4.41. The molecule has 1 aromatic carbocycles. The number of aliphatic carboxylic acids is 1. The first-order valence-electron chi connectivity index (χ1n) is 5.80. The summed E-state index contributed by atoms with van der Waals surface area (Å²) in [6.45, 7) is 0.180. The molecule has 0 spiro atoms. The van der Waals surface area contributed by atoms with Crippen LogP contribution < -0.4 is 10.6 Å². The Morgan fingerprint density at radius 3 is 2.80 bits per heavy atom. The number of benzene rings is 1. The standard InChI is InChI=1S/C12H12ClFN2O4/c13-8-3-6(14)1-2-9(8)15-12(19)16-10-5-20-4-7(10)11(17)18/h1-3,7,10H,4-5H2,(H,17,18)(H2,15,16,19). The van der Waals surface area contributed by atoms with Crippen molar-refractivity contribution < 1.29 is 23.8 Å². The fourth-order valence-electron chi connectivity index (χ4n) is 1.86. The molecule has 2 unspecified atom stereocenters. The van der Waals surface area contributed by atoms with Crippen LogP contribution in [0.3, 0.4) is 0 Å². The zero-order valence-electron chi connectivity index (χ0n) is 10.2. The summed E-state index contributed by atoms with van der Waals surface area (Å²) in [6, 6.07) is 2.29. The van der Waals surface area contributed by atoms with Gasteiger partial charge in [0, 0.05) is 0 Å². The molecule has 3 N–H and O–H groups in total. The number of hydrogen-bond acceptors (Lipinski definition) is 3. The van der Waals surface area contributed by atoms with Crippen molar-refractivity contribution in [2.24, 2.45) is 5.92 Å². The maximum Gasteiger partial charge on any atom is 0.319 e. The molecule has 1 fully saturated rings. The molecule has 8 heteroatoms. The molecular weight excluding hydrogens is 291 g/mol. The third-order valence-corrected chi connectivity index (χ3v) is 3.21. The van der Waals surface area contributed by atoms with Gasteiger partial charge in [-0.3, -0.25) is 4.79 Å². The molecule has 6 nitrogen and oxygen atoms in total. The van der Waals surface area contributed by atoms with Gasteiger partial charge in [0.25, 0.3) is 0 Å². The lowest BCUT2D eigenvalue weighted by Gasteiger charge is -2.16. The first kappa shape index (κ1) is 14.5. The Hall–Kier alpha value is -1.86. The Labute approximate surface area is 118 Å². The molecule has 1 heterocycles. The summed E-state index contributed by atoms with van der Waals surface area (Å²) in [5.74, 6) is -2.34.